The van der Waals surface area contributed by atoms with Crippen LogP contribution in [0.4, 0.5) is 11.4 Å². The van der Waals surface area contributed by atoms with Crippen molar-refractivity contribution >= 4 is 37.3 Å². The van der Waals surface area contributed by atoms with Crippen molar-refractivity contribution < 1.29 is 18.1 Å². The first kappa shape index (κ1) is 21.2. The van der Waals surface area contributed by atoms with Crippen molar-refractivity contribution in [2.24, 2.45) is 0 Å². The summed E-state index contributed by atoms with van der Waals surface area (Å²) >= 11 is 3.42. The van der Waals surface area contributed by atoms with Crippen LogP contribution >= 0.6 is 15.9 Å². The van der Waals surface area contributed by atoms with E-state index in [1.807, 2.05) is 29.2 Å². The van der Waals surface area contributed by atoms with Crippen LogP contribution in [0.2, 0.25) is 0 Å². The Kier molecular flexibility index (Phi) is 6.10. The van der Waals surface area contributed by atoms with Crippen LogP contribution < -0.4 is 4.90 Å². The van der Waals surface area contributed by atoms with Gasteiger partial charge in [-0.1, -0.05) is 28.1 Å². The van der Waals surface area contributed by atoms with Crippen LogP contribution in [0.15, 0.2) is 51.8 Å². The number of nitrogens with zero attached hydrogens (tertiary/aromatic N) is 3. The third kappa shape index (κ3) is 4.22. The third-order valence-electron chi connectivity index (χ3n) is 5.49. The number of nitro benzene ring substituents is 1. The monoisotopic (exact) mass is 495 g/mol. The van der Waals surface area contributed by atoms with Gasteiger partial charge in [-0.25, -0.2) is 8.42 Å². The third-order valence-corrected chi connectivity index (χ3v) is 7.94. The molecule has 4 rings (SSSR count). The molecule has 0 aliphatic carbocycles. The lowest BCUT2D eigenvalue weighted by atomic mass is 10.1. The first-order valence-corrected chi connectivity index (χ1v) is 12.0. The van der Waals surface area contributed by atoms with Crippen LogP contribution in [0, 0.1) is 10.1 Å². The number of halogens is 1. The van der Waals surface area contributed by atoms with Gasteiger partial charge in [0.05, 0.1) is 17.2 Å². The molecule has 160 valence electrons. The van der Waals surface area contributed by atoms with Gasteiger partial charge in [0, 0.05) is 42.8 Å². The van der Waals surface area contributed by atoms with Crippen molar-refractivity contribution in [1.29, 1.82) is 0 Å². The molecule has 0 saturated carbocycles. The van der Waals surface area contributed by atoms with Crippen molar-refractivity contribution in [1.82, 2.24) is 4.31 Å². The predicted molar refractivity (Wildman–Crippen MR) is 116 cm³/mol. The zero-order chi connectivity index (χ0) is 21.3. The Labute approximate surface area is 183 Å². The van der Waals surface area contributed by atoms with Crippen LogP contribution in [-0.4, -0.2) is 50.4 Å². The molecule has 30 heavy (non-hydrogen) atoms. The molecule has 2 aliphatic rings. The first-order valence-electron chi connectivity index (χ1n) is 9.77. The van der Waals surface area contributed by atoms with Crippen LogP contribution in [0.25, 0.3) is 0 Å². The maximum absolute atomic E-state index is 13.3. The van der Waals surface area contributed by atoms with E-state index in [2.05, 4.69) is 15.9 Å². The van der Waals surface area contributed by atoms with Gasteiger partial charge in [0.15, 0.2) is 0 Å². The van der Waals surface area contributed by atoms with Crippen molar-refractivity contribution in [2.75, 3.05) is 37.7 Å². The van der Waals surface area contributed by atoms with E-state index >= 15 is 0 Å². The highest BCUT2D eigenvalue weighted by Gasteiger charge is 2.34. The van der Waals surface area contributed by atoms with E-state index in [1.165, 1.54) is 16.4 Å². The molecule has 0 bridgehead atoms. The van der Waals surface area contributed by atoms with Gasteiger partial charge in [0.1, 0.15) is 11.0 Å². The second-order valence-electron chi connectivity index (χ2n) is 7.38. The van der Waals surface area contributed by atoms with Gasteiger partial charge in [0.25, 0.3) is 5.69 Å². The number of benzene rings is 2. The highest BCUT2D eigenvalue weighted by Crippen LogP contribution is 2.35. The molecule has 2 aromatic rings. The second kappa shape index (κ2) is 8.62. The highest BCUT2D eigenvalue weighted by molar-refractivity contribution is 9.10. The minimum atomic E-state index is -3.82. The Morgan fingerprint density at radius 3 is 2.43 bits per heavy atom. The average Bonchev–Trinajstić information content (AvgIpc) is 3.30. The predicted octanol–water partition coefficient (Wildman–Crippen LogP) is 3.72. The molecule has 1 unspecified atom stereocenters. The number of anilines is 1. The lowest BCUT2D eigenvalue weighted by molar-refractivity contribution is -0.385. The lowest BCUT2D eigenvalue weighted by Crippen LogP contribution is -2.40. The Balaban J connectivity index is 1.70. The van der Waals surface area contributed by atoms with E-state index in [0.717, 1.165) is 22.9 Å². The minimum absolute atomic E-state index is 0.00458. The molecule has 1 atom stereocenters. The van der Waals surface area contributed by atoms with Gasteiger partial charge in [-0.3, -0.25) is 10.1 Å². The number of hydrogen-bond acceptors (Lipinski definition) is 6. The molecular formula is C20H22BrN3O5S. The number of morpholine rings is 1. The van der Waals surface area contributed by atoms with Gasteiger partial charge in [0.2, 0.25) is 10.0 Å². The fourth-order valence-corrected chi connectivity index (χ4v) is 5.91. The SMILES string of the molecule is O=[N+]([O-])c1ccc(N2CCOC(c3ccc(Br)cc3)C2)c(S(=O)(=O)N2CCCC2)c1. The molecular weight excluding hydrogens is 474 g/mol. The number of ether oxygens (including phenoxy) is 1. The highest BCUT2D eigenvalue weighted by atomic mass is 79.9. The maximum Gasteiger partial charge on any atom is 0.270 e. The molecule has 0 amide bonds. The molecule has 2 saturated heterocycles. The van der Waals surface area contributed by atoms with Crippen LogP contribution in [-0.2, 0) is 14.8 Å². The smallest absolute Gasteiger partial charge is 0.270 e. The van der Waals surface area contributed by atoms with E-state index in [0.29, 0.717) is 38.5 Å². The van der Waals surface area contributed by atoms with Crippen LogP contribution in [0.3, 0.4) is 0 Å². The summed E-state index contributed by atoms with van der Waals surface area (Å²) in [6, 6.07) is 11.9. The van der Waals surface area contributed by atoms with Gasteiger partial charge < -0.3 is 9.64 Å². The van der Waals surface area contributed by atoms with Gasteiger partial charge in [-0.15, -0.1) is 0 Å². The minimum Gasteiger partial charge on any atom is -0.370 e. The Bertz CT molecular complexity index is 1040. The number of rotatable bonds is 5. The molecule has 0 N–H and O–H groups in total. The molecule has 10 heteroatoms. The Morgan fingerprint density at radius 1 is 1.07 bits per heavy atom. The van der Waals surface area contributed by atoms with Crippen molar-refractivity contribution in [3.63, 3.8) is 0 Å². The molecule has 2 fully saturated rings. The van der Waals surface area contributed by atoms with Crippen LogP contribution in [0.5, 0.6) is 0 Å². The summed E-state index contributed by atoms with van der Waals surface area (Å²) in [6.45, 7) is 2.28. The summed E-state index contributed by atoms with van der Waals surface area (Å²) in [5.41, 5.74) is 1.25. The fraction of sp³-hybridized carbons (Fsp3) is 0.400. The van der Waals surface area contributed by atoms with Crippen LogP contribution in [0.1, 0.15) is 24.5 Å². The standard InChI is InChI=1S/C20H22BrN3O5S/c21-16-5-3-15(4-6-16)19-14-22(11-12-29-19)18-8-7-17(24(25)26)13-20(18)30(27,28)23-9-1-2-10-23/h3-8,13,19H,1-2,9-12,14H2. The van der Waals surface area contributed by atoms with E-state index in [1.54, 1.807) is 6.07 Å². The topological polar surface area (TPSA) is 93.0 Å². The summed E-state index contributed by atoms with van der Waals surface area (Å²) in [5.74, 6) is 0. The average molecular weight is 496 g/mol. The largest absolute Gasteiger partial charge is 0.370 e. The number of non-ortho nitro benzene ring substituents is 1. The molecule has 0 radical (unpaired) electrons. The van der Waals surface area contributed by atoms with E-state index < -0.39 is 14.9 Å². The van der Waals surface area contributed by atoms with E-state index in [-0.39, 0.29) is 16.7 Å². The summed E-state index contributed by atoms with van der Waals surface area (Å²) in [7, 11) is -3.82. The normalized spacial score (nSPS) is 20.4. The number of sulfonamides is 1. The Hall–Kier alpha value is -2.01. The fourth-order valence-electron chi connectivity index (χ4n) is 3.90. The summed E-state index contributed by atoms with van der Waals surface area (Å²) in [5, 5.41) is 11.3. The molecule has 2 aliphatic heterocycles. The maximum atomic E-state index is 13.3. The Morgan fingerprint density at radius 2 is 1.77 bits per heavy atom. The molecule has 2 aromatic carbocycles. The molecule has 0 aromatic heterocycles. The summed E-state index contributed by atoms with van der Waals surface area (Å²) in [6.07, 6.45) is 1.38. The second-order valence-corrected chi connectivity index (χ2v) is 10.2. The van der Waals surface area contributed by atoms with Gasteiger partial charge in [-0.05, 0) is 36.6 Å². The molecule has 0 spiro atoms. The van der Waals surface area contributed by atoms with Gasteiger partial charge in [-0.2, -0.15) is 4.31 Å². The molecule has 2 heterocycles. The van der Waals surface area contributed by atoms with E-state index in [4.69, 9.17) is 4.74 Å². The first-order chi connectivity index (χ1) is 14.4. The number of nitro groups is 1. The molecule has 8 nitrogen and oxygen atoms in total. The number of hydrogen-bond donors (Lipinski definition) is 0. The zero-order valence-electron chi connectivity index (χ0n) is 16.2. The summed E-state index contributed by atoms with van der Waals surface area (Å²) in [4.78, 5) is 12.7. The van der Waals surface area contributed by atoms with Gasteiger partial charge >= 0.3 is 0 Å². The zero-order valence-corrected chi connectivity index (χ0v) is 18.6. The quantitative estimate of drug-likeness (QED) is 0.463. The van der Waals surface area contributed by atoms with Crippen molar-refractivity contribution in [3.8, 4) is 0 Å². The van der Waals surface area contributed by atoms with Crippen molar-refractivity contribution in [2.45, 2.75) is 23.8 Å². The van der Waals surface area contributed by atoms with Crippen molar-refractivity contribution in [3.05, 3.63) is 62.6 Å². The summed E-state index contributed by atoms with van der Waals surface area (Å²) < 4.78 is 34.9. The lowest BCUT2D eigenvalue weighted by Gasteiger charge is -2.36. The van der Waals surface area contributed by atoms with E-state index in [9.17, 15) is 18.5 Å².